The van der Waals surface area contributed by atoms with E-state index in [2.05, 4.69) is 10.1 Å². The number of thioether (sulfide) groups is 1. The van der Waals surface area contributed by atoms with Gasteiger partial charge in [-0.1, -0.05) is 30.0 Å². The van der Waals surface area contributed by atoms with Crippen LogP contribution in [0.4, 0.5) is 11.4 Å². The van der Waals surface area contributed by atoms with Gasteiger partial charge in [0.05, 0.1) is 16.4 Å². The normalized spacial score (nSPS) is 10.5. The van der Waals surface area contributed by atoms with Crippen molar-refractivity contribution < 1.29 is 9.72 Å². The Morgan fingerprint density at radius 2 is 1.88 bits per heavy atom. The minimum Gasteiger partial charge on any atom is -0.315 e. The summed E-state index contributed by atoms with van der Waals surface area (Å²) in [6.07, 6.45) is 1.60. The van der Waals surface area contributed by atoms with Crippen molar-refractivity contribution in [2.45, 2.75) is 5.16 Å². The Morgan fingerprint density at radius 3 is 2.54 bits per heavy atom. The van der Waals surface area contributed by atoms with E-state index in [1.807, 2.05) is 30.3 Å². The summed E-state index contributed by atoms with van der Waals surface area (Å²) in [7, 11) is 1.63. The summed E-state index contributed by atoms with van der Waals surface area (Å²) in [6.45, 7) is 0. The highest BCUT2D eigenvalue weighted by atomic mass is 32.2. The summed E-state index contributed by atoms with van der Waals surface area (Å²) >= 11 is 1.23. The Labute approximate surface area is 153 Å². The van der Waals surface area contributed by atoms with Crippen LogP contribution in [0.5, 0.6) is 0 Å². The molecule has 0 bridgehead atoms. The molecule has 0 aliphatic heterocycles. The summed E-state index contributed by atoms with van der Waals surface area (Å²) < 4.78 is 1.65. The lowest BCUT2D eigenvalue weighted by Gasteiger charge is -2.16. The second kappa shape index (κ2) is 7.79. The van der Waals surface area contributed by atoms with Gasteiger partial charge in [0.1, 0.15) is 6.33 Å². The Kier molecular flexibility index (Phi) is 5.28. The first-order chi connectivity index (χ1) is 12.5. The number of rotatable bonds is 6. The first-order valence-electron chi connectivity index (χ1n) is 7.65. The quantitative estimate of drug-likeness (QED) is 0.377. The highest BCUT2D eigenvalue weighted by Gasteiger charge is 2.14. The highest BCUT2D eigenvalue weighted by Crippen LogP contribution is 2.20. The largest absolute Gasteiger partial charge is 0.315 e. The second-order valence-electron chi connectivity index (χ2n) is 5.32. The maximum Gasteiger partial charge on any atom is 0.269 e. The average molecular weight is 369 g/mol. The van der Waals surface area contributed by atoms with Gasteiger partial charge in [0, 0.05) is 24.9 Å². The van der Waals surface area contributed by atoms with Crippen LogP contribution in [-0.2, 0) is 4.79 Å². The molecule has 0 atom stereocenters. The van der Waals surface area contributed by atoms with E-state index in [1.54, 1.807) is 30.2 Å². The number of hydrogen-bond acceptors (Lipinski definition) is 6. The Morgan fingerprint density at radius 1 is 1.19 bits per heavy atom. The highest BCUT2D eigenvalue weighted by molar-refractivity contribution is 7.99. The van der Waals surface area contributed by atoms with Crippen LogP contribution >= 0.6 is 11.8 Å². The number of amides is 1. The predicted molar refractivity (Wildman–Crippen MR) is 98.6 cm³/mol. The van der Waals surface area contributed by atoms with E-state index in [0.717, 1.165) is 5.69 Å². The molecule has 2 aromatic carbocycles. The first-order valence-corrected chi connectivity index (χ1v) is 8.64. The molecule has 3 rings (SSSR count). The second-order valence-corrected chi connectivity index (χ2v) is 6.26. The van der Waals surface area contributed by atoms with Crippen molar-refractivity contribution in [2.75, 3.05) is 17.7 Å². The molecule has 9 heteroatoms. The molecule has 26 heavy (non-hydrogen) atoms. The number of aromatic nitrogens is 3. The van der Waals surface area contributed by atoms with E-state index < -0.39 is 4.92 Å². The fraction of sp³-hybridized carbons (Fsp3) is 0.118. The number of nitro groups is 1. The zero-order chi connectivity index (χ0) is 18.5. The molecule has 0 saturated heterocycles. The number of nitrogens with zero attached hydrogens (tertiary/aromatic N) is 5. The number of nitro benzene ring substituents is 1. The van der Waals surface area contributed by atoms with Crippen molar-refractivity contribution in [3.63, 3.8) is 0 Å². The molecule has 0 radical (unpaired) electrons. The molecule has 1 aromatic heterocycles. The molecule has 1 amide bonds. The van der Waals surface area contributed by atoms with Crippen molar-refractivity contribution >= 4 is 29.0 Å². The maximum atomic E-state index is 12.3. The van der Waals surface area contributed by atoms with Crippen LogP contribution in [0.3, 0.4) is 0 Å². The van der Waals surface area contributed by atoms with Crippen molar-refractivity contribution in [1.82, 2.24) is 14.8 Å². The van der Waals surface area contributed by atoms with Crippen LogP contribution in [0.15, 0.2) is 66.1 Å². The number of carbonyl (C=O) groups excluding carboxylic acids is 1. The third-order valence-corrected chi connectivity index (χ3v) is 4.47. The number of hydrogen-bond donors (Lipinski definition) is 0. The smallest absolute Gasteiger partial charge is 0.269 e. The Hall–Kier alpha value is -3.20. The van der Waals surface area contributed by atoms with E-state index in [0.29, 0.717) is 10.8 Å². The van der Waals surface area contributed by atoms with Gasteiger partial charge in [0.25, 0.3) is 5.69 Å². The number of benzene rings is 2. The predicted octanol–water partition coefficient (Wildman–Crippen LogP) is 2.93. The molecule has 1 heterocycles. The van der Waals surface area contributed by atoms with E-state index in [9.17, 15) is 14.9 Å². The molecular formula is C17H15N5O3S. The molecule has 0 aliphatic carbocycles. The monoisotopic (exact) mass is 369 g/mol. The van der Waals surface area contributed by atoms with Gasteiger partial charge in [0.2, 0.25) is 11.1 Å². The first kappa shape index (κ1) is 17.6. The zero-order valence-corrected chi connectivity index (χ0v) is 14.7. The standard InChI is InChI=1S/C17H15N5O3S/c1-20(13-7-9-15(10-8-13)22(24)25)16(23)11-26-17-18-12-21(19-17)14-5-3-2-4-6-14/h2-10,12H,11H2,1H3. The van der Waals surface area contributed by atoms with E-state index in [-0.39, 0.29) is 17.3 Å². The van der Waals surface area contributed by atoms with Gasteiger partial charge < -0.3 is 4.90 Å². The molecule has 0 saturated carbocycles. The fourth-order valence-electron chi connectivity index (χ4n) is 2.18. The van der Waals surface area contributed by atoms with Crippen LogP contribution in [0.2, 0.25) is 0 Å². The van der Waals surface area contributed by atoms with Gasteiger partial charge in [-0.2, -0.15) is 0 Å². The van der Waals surface area contributed by atoms with Gasteiger partial charge in [-0.15, -0.1) is 5.10 Å². The lowest BCUT2D eigenvalue weighted by atomic mass is 10.2. The molecule has 132 valence electrons. The molecule has 0 fully saturated rings. The van der Waals surface area contributed by atoms with Gasteiger partial charge in [-0.05, 0) is 24.3 Å². The van der Waals surface area contributed by atoms with Crippen LogP contribution in [0, 0.1) is 10.1 Å². The van der Waals surface area contributed by atoms with Gasteiger partial charge in [-0.3, -0.25) is 14.9 Å². The van der Waals surface area contributed by atoms with E-state index >= 15 is 0 Å². The Bertz CT molecular complexity index is 912. The number of carbonyl (C=O) groups is 1. The SMILES string of the molecule is CN(C(=O)CSc1ncn(-c2ccccc2)n1)c1ccc([N+](=O)[O-])cc1. The average Bonchev–Trinajstić information content (AvgIpc) is 3.15. The van der Waals surface area contributed by atoms with Crippen molar-refractivity contribution in [2.24, 2.45) is 0 Å². The van der Waals surface area contributed by atoms with Gasteiger partial charge in [-0.25, -0.2) is 9.67 Å². The molecule has 8 nitrogen and oxygen atoms in total. The van der Waals surface area contributed by atoms with Crippen molar-refractivity contribution in [3.8, 4) is 5.69 Å². The molecule has 3 aromatic rings. The van der Waals surface area contributed by atoms with E-state index in [4.69, 9.17) is 0 Å². The lowest BCUT2D eigenvalue weighted by Crippen LogP contribution is -2.27. The minimum atomic E-state index is -0.476. The van der Waals surface area contributed by atoms with Crippen LogP contribution in [0.25, 0.3) is 5.69 Å². The number of non-ortho nitro benzene ring substituents is 1. The maximum absolute atomic E-state index is 12.3. The zero-order valence-electron chi connectivity index (χ0n) is 13.8. The third-order valence-electron chi connectivity index (χ3n) is 3.64. The summed E-state index contributed by atoms with van der Waals surface area (Å²) in [5.41, 5.74) is 1.46. The summed E-state index contributed by atoms with van der Waals surface area (Å²) in [5.74, 6) is 0.00616. The number of anilines is 1. The fourth-order valence-corrected chi connectivity index (χ4v) is 2.90. The number of para-hydroxylation sites is 1. The van der Waals surface area contributed by atoms with Gasteiger partial charge >= 0.3 is 0 Å². The summed E-state index contributed by atoms with van der Waals surface area (Å²) in [6, 6.07) is 15.4. The molecule has 0 aliphatic rings. The van der Waals surface area contributed by atoms with E-state index in [1.165, 1.54) is 28.8 Å². The molecular weight excluding hydrogens is 354 g/mol. The molecule has 0 N–H and O–H groups in total. The topological polar surface area (TPSA) is 94.2 Å². The van der Waals surface area contributed by atoms with Crippen molar-refractivity contribution in [1.29, 1.82) is 0 Å². The third kappa shape index (κ3) is 4.06. The minimum absolute atomic E-state index is 0.0142. The van der Waals surface area contributed by atoms with Crippen LogP contribution in [-0.4, -0.2) is 38.4 Å². The summed E-state index contributed by atoms with van der Waals surface area (Å²) in [5, 5.41) is 15.5. The van der Waals surface area contributed by atoms with Gasteiger partial charge in [0.15, 0.2) is 0 Å². The van der Waals surface area contributed by atoms with Crippen molar-refractivity contribution in [3.05, 3.63) is 71.0 Å². The van der Waals surface area contributed by atoms with Crippen LogP contribution < -0.4 is 4.90 Å². The van der Waals surface area contributed by atoms with Crippen LogP contribution in [0.1, 0.15) is 0 Å². The lowest BCUT2D eigenvalue weighted by molar-refractivity contribution is -0.384. The summed E-state index contributed by atoms with van der Waals surface area (Å²) in [4.78, 5) is 28.2. The Balaban J connectivity index is 1.60. The molecule has 0 spiro atoms. The molecule has 0 unspecified atom stereocenters.